The molecule has 4 rings (SSSR count). The Morgan fingerprint density at radius 1 is 0.971 bits per heavy atom. The molecule has 35 heavy (non-hydrogen) atoms. The predicted octanol–water partition coefficient (Wildman–Crippen LogP) is 5.07. The van der Waals surface area contributed by atoms with E-state index in [0.717, 1.165) is 22.1 Å². The smallest absolute Gasteiger partial charge is 0.330 e. The van der Waals surface area contributed by atoms with Gasteiger partial charge in [-0.25, -0.2) is 14.2 Å². The maximum Gasteiger partial charge on any atom is 0.330 e. The molecule has 6 nitrogen and oxygen atoms in total. The second-order valence-electron chi connectivity index (χ2n) is 7.72. The Morgan fingerprint density at radius 3 is 2.43 bits per heavy atom. The summed E-state index contributed by atoms with van der Waals surface area (Å²) < 4.78 is 23.7. The van der Waals surface area contributed by atoms with E-state index in [9.17, 15) is 14.0 Å². The number of halogens is 1. The molecular formula is C28H23FN2O4. The number of para-hydroxylation sites is 1. The van der Waals surface area contributed by atoms with E-state index in [1.54, 1.807) is 24.3 Å². The molecule has 0 saturated heterocycles. The maximum absolute atomic E-state index is 13.2. The van der Waals surface area contributed by atoms with Gasteiger partial charge in [0.1, 0.15) is 23.9 Å². The van der Waals surface area contributed by atoms with Crippen molar-refractivity contribution in [1.29, 1.82) is 0 Å². The Bertz CT molecular complexity index is 1370. The number of benzene rings is 3. The van der Waals surface area contributed by atoms with E-state index in [-0.39, 0.29) is 24.0 Å². The van der Waals surface area contributed by atoms with Crippen LogP contribution in [0.15, 0.2) is 84.9 Å². The predicted molar refractivity (Wildman–Crippen MR) is 131 cm³/mol. The van der Waals surface area contributed by atoms with Crippen LogP contribution in [-0.4, -0.2) is 24.0 Å². The molecule has 0 aliphatic heterocycles. The highest BCUT2D eigenvalue weighted by molar-refractivity contribution is 5.97. The van der Waals surface area contributed by atoms with E-state index in [4.69, 9.17) is 4.74 Å². The quantitative estimate of drug-likeness (QED) is 0.287. The standard InChI is InChI=1S/C28H23FN2O4/c1-34-27(32)15-12-19-6-8-20(9-7-19)17-30-28(33)25-16-26(23-4-2-3-5-24(23)31-25)35-18-21-10-13-22(29)14-11-21/h2-16H,17-18H2,1H3,(H,30,33)/b15-12+. The van der Waals surface area contributed by atoms with Crippen LogP contribution in [-0.2, 0) is 22.7 Å². The van der Waals surface area contributed by atoms with E-state index in [1.165, 1.54) is 25.3 Å². The molecule has 3 aromatic carbocycles. The number of fused-ring (bicyclic) bond motifs is 1. The van der Waals surface area contributed by atoms with Crippen molar-refractivity contribution in [2.45, 2.75) is 13.2 Å². The third kappa shape index (κ3) is 6.29. The summed E-state index contributed by atoms with van der Waals surface area (Å²) in [7, 11) is 1.32. The molecule has 1 heterocycles. The summed E-state index contributed by atoms with van der Waals surface area (Å²) in [6.45, 7) is 0.534. The van der Waals surface area contributed by atoms with Crippen molar-refractivity contribution < 1.29 is 23.5 Å². The van der Waals surface area contributed by atoms with Gasteiger partial charge >= 0.3 is 5.97 Å². The van der Waals surface area contributed by atoms with Crippen LogP contribution in [0.5, 0.6) is 5.75 Å². The molecule has 0 atom stereocenters. The lowest BCUT2D eigenvalue weighted by Crippen LogP contribution is -2.24. The summed E-state index contributed by atoms with van der Waals surface area (Å²) in [4.78, 5) is 28.6. The number of esters is 1. The van der Waals surface area contributed by atoms with Crippen molar-refractivity contribution in [2.24, 2.45) is 0 Å². The molecular weight excluding hydrogens is 447 g/mol. The normalized spacial score (nSPS) is 10.9. The summed E-state index contributed by atoms with van der Waals surface area (Å²) in [6.07, 6.45) is 3.00. The minimum atomic E-state index is -0.426. The number of amides is 1. The first-order valence-corrected chi connectivity index (χ1v) is 10.9. The van der Waals surface area contributed by atoms with Crippen molar-refractivity contribution in [3.05, 3.63) is 113 Å². The van der Waals surface area contributed by atoms with Gasteiger partial charge in [0, 0.05) is 24.1 Å². The average molecular weight is 471 g/mol. The second kappa shape index (κ2) is 11.1. The number of aromatic nitrogens is 1. The fraction of sp³-hybridized carbons (Fsp3) is 0.107. The minimum absolute atomic E-state index is 0.228. The summed E-state index contributed by atoms with van der Waals surface area (Å²) in [5.74, 6) is -0.552. The van der Waals surface area contributed by atoms with E-state index in [1.807, 2.05) is 48.5 Å². The number of methoxy groups -OCH3 is 1. The first-order chi connectivity index (χ1) is 17.0. The number of rotatable bonds is 8. The molecule has 0 spiro atoms. The Morgan fingerprint density at radius 2 is 1.69 bits per heavy atom. The number of pyridine rings is 1. The number of nitrogens with zero attached hydrogens (tertiary/aromatic N) is 1. The molecule has 0 aliphatic carbocycles. The van der Waals surface area contributed by atoms with Gasteiger partial charge in [0.15, 0.2) is 0 Å². The van der Waals surface area contributed by atoms with Gasteiger partial charge < -0.3 is 14.8 Å². The summed E-state index contributed by atoms with van der Waals surface area (Å²) in [5.41, 5.74) is 3.40. The highest BCUT2D eigenvalue weighted by Gasteiger charge is 2.13. The lowest BCUT2D eigenvalue weighted by atomic mass is 10.1. The van der Waals surface area contributed by atoms with Crippen molar-refractivity contribution in [2.75, 3.05) is 7.11 Å². The van der Waals surface area contributed by atoms with Gasteiger partial charge in [-0.15, -0.1) is 0 Å². The van der Waals surface area contributed by atoms with Crippen molar-refractivity contribution >= 4 is 28.9 Å². The molecule has 0 saturated carbocycles. The molecule has 0 unspecified atom stereocenters. The Labute approximate surface area is 202 Å². The fourth-order valence-electron chi connectivity index (χ4n) is 3.37. The topological polar surface area (TPSA) is 77.5 Å². The van der Waals surface area contributed by atoms with Crippen LogP contribution in [0.1, 0.15) is 27.2 Å². The molecule has 176 valence electrons. The molecule has 4 aromatic rings. The van der Waals surface area contributed by atoms with Crippen LogP contribution >= 0.6 is 0 Å². The SMILES string of the molecule is COC(=O)/C=C/c1ccc(CNC(=O)c2cc(OCc3ccc(F)cc3)c3ccccc3n2)cc1. The minimum Gasteiger partial charge on any atom is -0.488 e. The highest BCUT2D eigenvalue weighted by atomic mass is 19.1. The van der Waals surface area contributed by atoms with Gasteiger partial charge in [0.25, 0.3) is 5.91 Å². The van der Waals surface area contributed by atoms with Crippen LogP contribution in [0.4, 0.5) is 4.39 Å². The zero-order chi connectivity index (χ0) is 24.6. The molecule has 0 aliphatic rings. The Balaban J connectivity index is 1.46. The van der Waals surface area contributed by atoms with Crippen molar-refractivity contribution in [3.8, 4) is 5.75 Å². The summed E-state index contributed by atoms with van der Waals surface area (Å²) in [5, 5.41) is 3.65. The first kappa shape index (κ1) is 23.6. The Hall–Kier alpha value is -4.52. The van der Waals surface area contributed by atoms with E-state index >= 15 is 0 Å². The van der Waals surface area contributed by atoms with E-state index in [0.29, 0.717) is 17.8 Å². The van der Waals surface area contributed by atoms with Gasteiger partial charge in [-0.3, -0.25) is 4.79 Å². The van der Waals surface area contributed by atoms with Crippen molar-refractivity contribution in [3.63, 3.8) is 0 Å². The monoisotopic (exact) mass is 470 g/mol. The van der Waals surface area contributed by atoms with E-state index < -0.39 is 5.97 Å². The number of hydrogen-bond acceptors (Lipinski definition) is 5. The number of ether oxygens (including phenoxy) is 2. The lowest BCUT2D eigenvalue weighted by Gasteiger charge is -2.12. The van der Waals surface area contributed by atoms with E-state index in [2.05, 4.69) is 15.0 Å². The summed E-state index contributed by atoms with van der Waals surface area (Å²) >= 11 is 0. The van der Waals surface area contributed by atoms with Crippen LogP contribution in [0, 0.1) is 5.82 Å². The second-order valence-corrected chi connectivity index (χ2v) is 7.72. The average Bonchev–Trinajstić information content (AvgIpc) is 2.90. The fourth-order valence-corrected chi connectivity index (χ4v) is 3.37. The number of hydrogen-bond donors (Lipinski definition) is 1. The highest BCUT2D eigenvalue weighted by Crippen LogP contribution is 2.26. The van der Waals surface area contributed by atoms with Crippen LogP contribution in [0.2, 0.25) is 0 Å². The van der Waals surface area contributed by atoms with Crippen LogP contribution < -0.4 is 10.1 Å². The van der Waals surface area contributed by atoms with Gasteiger partial charge in [0.05, 0.1) is 12.6 Å². The lowest BCUT2D eigenvalue weighted by molar-refractivity contribution is -0.134. The molecule has 7 heteroatoms. The zero-order valence-electron chi connectivity index (χ0n) is 19.0. The molecule has 1 amide bonds. The van der Waals surface area contributed by atoms with Crippen LogP contribution in [0.3, 0.4) is 0 Å². The summed E-state index contributed by atoms with van der Waals surface area (Å²) in [6, 6.07) is 22.5. The zero-order valence-corrected chi connectivity index (χ0v) is 19.0. The van der Waals surface area contributed by atoms with Crippen molar-refractivity contribution in [1.82, 2.24) is 10.3 Å². The first-order valence-electron chi connectivity index (χ1n) is 10.9. The van der Waals surface area contributed by atoms with Gasteiger partial charge in [-0.1, -0.05) is 48.5 Å². The maximum atomic E-state index is 13.2. The molecule has 1 N–H and O–H groups in total. The number of nitrogens with one attached hydrogen (secondary N) is 1. The van der Waals surface area contributed by atoms with Gasteiger partial charge in [0.2, 0.25) is 0 Å². The van der Waals surface area contributed by atoms with Crippen LogP contribution in [0.25, 0.3) is 17.0 Å². The molecule has 0 fully saturated rings. The Kier molecular flexibility index (Phi) is 7.47. The number of carbonyl (C=O) groups is 2. The largest absolute Gasteiger partial charge is 0.488 e. The van der Waals surface area contributed by atoms with Gasteiger partial charge in [-0.2, -0.15) is 0 Å². The number of carbonyl (C=O) groups excluding carboxylic acids is 2. The van der Waals surface area contributed by atoms with Gasteiger partial charge in [-0.05, 0) is 47.0 Å². The molecule has 1 aromatic heterocycles. The third-order valence-corrected chi connectivity index (χ3v) is 5.26. The third-order valence-electron chi connectivity index (χ3n) is 5.26. The molecule has 0 radical (unpaired) electrons. The molecule has 0 bridgehead atoms.